The van der Waals surface area contributed by atoms with E-state index in [1.807, 2.05) is 67.6 Å². The molecule has 0 saturated heterocycles. The van der Waals surface area contributed by atoms with Gasteiger partial charge in [-0.3, -0.25) is 0 Å². The Morgan fingerprint density at radius 1 is 0.867 bits per heavy atom. The van der Waals surface area contributed by atoms with E-state index in [2.05, 4.69) is 21.2 Å². The number of hydrogen-bond donors (Lipinski definition) is 1. The van der Waals surface area contributed by atoms with E-state index in [1.165, 1.54) is 0 Å². The highest BCUT2D eigenvalue weighted by molar-refractivity contribution is 9.10. The largest absolute Gasteiger partial charge is 0.490 e. The molecule has 0 atom stereocenters. The van der Waals surface area contributed by atoms with Crippen LogP contribution in [0.15, 0.2) is 65.1 Å². The minimum Gasteiger partial charge on any atom is -0.490 e. The zero-order valence-electron chi connectivity index (χ0n) is 16.8. The SMILES string of the molecule is CCOc1cc(CNCc2ccc3c(c2)OCO3)c(Br)cc1OCc1ccccc1. The first-order chi connectivity index (χ1) is 14.7. The van der Waals surface area contributed by atoms with Crippen LogP contribution in [0.25, 0.3) is 0 Å². The van der Waals surface area contributed by atoms with Gasteiger partial charge in [0.15, 0.2) is 23.0 Å². The lowest BCUT2D eigenvalue weighted by Crippen LogP contribution is -2.13. The smallest absolute Gasteiger partial charge is 0.231 e. The number of rotatable bonds is 9. The van der Waals surface area contributed by atoms with E-state index in [4.69, 9.17) is 18.9 Å². The van der Waals surface area contributed by atoms with Crippen LogP contribution in [-0.4, -0.2) is 13.4 Å². The highest BCUT2D eigenvalue weighted by Gasteiger charge is 2.14. The Kier molecular flexibility index (Phi) is 6.77. The minimum absolute atomic E-state index is 0.290. The zero-order chi connectivity index (χ0) is 20.8. The predicted octanol–water partition coefficient (Wildman–Crippen LogP) is 5.45. The highest BCUT2D eigenvalue weighted by Crippen LogP contribution is 2.35. The molecule has 1 aliphatic rings. The van der Waals surface area contributed by atoms with Crippen molar-refractivity contribution in [3.05, 3.63) is 81.8 Å². The molecule has 5 nitrogen and oxygen atoms in total. The van der Waals surface area contributed by atoms with Gasteiger partial charge in [0.2, 0.25) is 6.79 Å². The minimum atomic E-state index is 0.290. The third kappa shape index (κ3) is 5.07. The van der Waals surface area contributed by atoms with Crippen molar-refractivity contribution in [2.75, 3.05) is 13.4 Å². The van der Waals surface area contributed by atoms with Crippen molar-refractivity contribution in [3.8, 4) is 23.0 Å². The molecule has 4 rings (SSSR count). The van der Waals surface area contributed by atoms with Gasteiger partial charge in [0.25, 0.3) is 0 Å². The van der Waals surface area contributed by atoms with Crippen LogP contribution in [0.2, 0.25) is 0 Å². The molecule has 0 aromatic heterocycles. The molecule has 3 aromatic carbocycles. The first kappa shape index (κ1) is 20.6. The maximum absolute atomic E-state index is 6.03. The van der Waals surface area contributed by atoms with Crippen molar-refractivity contribution >= 4 is 15.9 Å². The lowest BCUT2D eigenvalue weighted by Gasteiger charge is -2.15. The second-order valence-electron chi connectivity index (χ2n) is 6.89. The van der Waals surface area contributed by atoms with Crippen molar-refractivity contribution in [1.82, 2.24) is 5.32 Å². The Balaban J connectivity index is 1.40. The zero-order valence-corrected chi connectivity index (χ0v) is 18.4. The van der Waals surface area contributed by atoms with Gasteiger partial charge in [0.1, 0.15) is 6.61 Å². The van der Waals surface area contributed by atoms with Gasteiger partial charge in [-0.1, -0.05) is 52.3 Å². The molecule has 30 heavy (non-hydrogen) atoms. The number of fused-ring (bicyclic) bond motifs is 1. The number of benzene rings is 3. The fourth-order valence-electron chi connectivity index (χ4n) is 3.22. The van der Waals surface area contributed by atoms with E-state index >= 15 is 0 Å². The molecule has 6 heteroatoms. The molecule has 156 valence electrons. The van der Waals surface area contributed by atoms with Crippen LogP contribution in [0.5, 0.6) is 23.0 Å². The highest BCUT2D eigenvalue weighted by atomic mass is 79.9. The first-order valence-corrected chi connectivity index (χ1v) is 10.7. The van der Waals surface area contributed by atoms with Crippen molar-refractivity contribution in [3.63, 3.8) is 0 Å². The molecule has 0 fully saturated rings. The van der Waals surface area contributed by atoms with Crippen LogP contribution >= 0.6 is 15.9 Å². The molecule has 1 aliphatic heterocycles. The predicted molar refractivity (Wildman–Crippen MR) is 119 cm³/mol. The molecule has 0 radical (unpaired) electrons. The second-order valence-corrected chi connectivity index (χ2v) is 7.74. The van der Waals surface area contributed by atoms with E-state index in [1.54, 1.807) is 0 Å². The summed E-state index contributed by atoms with van der Waals surface area (Å²) in [6.07, 6.45) is 0. The molecule has 0 amide bonds. The number of hydrogen-bond acceptors (Lipinski definition) is 5. The third-order valence-corrected chi connectivity index (χ3v) is 5.47. The van der Waals surface area contributed by atoms with Crippen LogP contribution < -0.4 is 24.3 Å². The maximum Gasteiger partial charge on any atom is 0.231 e. The Morgan fingerprint density at radius 3 is 2.50 bits per heavy atom. The lowest BCUT2D eigenvalue weighted by molar-refractivity contribution is 0.174. The lowest BCUT2D eigenvalue weighted by atomic mass is 10.1. The van der Waals surface area contributed by atoms with Crippen molar-refractivity contribution in [2.45, 2.75) is 26.6 Å². The molecule has 0 saturated carbocycles. The molecular weight excluding hydrogens is 446 g/mol. The summed E-state index contributed by atoms with van der Waals surface area (Å²) in [5.74, 6) is 3.08. The summed E-state index contributed by atoms with van der Waals surface area (Å²) in [6.45, 7) is 4.74. The maximum atomic E-state index is 6.03. The number of halogens is 1. The first-order valence-electron chi connectivity index (χ1n) is 9.94. The average Bonchev–Trinajstić information content (AvgIpc) is 3.23. The van der Waals surface area contributed by atoms with E-state index in [0.29, 0.717) is 19.8 Å². The van der Waals surface area contributed by atoms with Crippen LogP contribution in [0.1, 0.15) is 23.6 Å². The average molecular weight is 470 g/mol. The topological polar surface area (TPSA) is 49.0 Å². The fraction of sp³-hybridized carbons (Fsp3) is 0.250. The molecule has 1 heterocycles. The molecule has 0 unspecified atom stereocenters. The van der Waals surface area contributed by atoms with Gasteiger partial charge in [0.05, 0.1) is 6.61 Å². The van der Waals surface area contributed by atoms with Crippen LogP contribution in [0.4, 0.5) is 0 Å². The summed E-state index contributed by atoms with van der Waals surface area (Å²) < 4.78 is 23.6. The van der Waals surface area contributed by atoms with E-state index in [-0.39, 0.29) is 6.79 Å². The summed E-state index contributed by atoms with van der Waals surface area (Å²) in [4.78, 5) is 0. The van der Waals surface area contributed by atoms with E-state index in [0.717, 1.165) is 50.7 Å². The van der Waals surface area contributed by atoms with Gasteiger partial charge in [-0.05, 0) is 47.9 Å². The Morgan fingerprint density at radius 2 is 1.67 bits per heavy atom. The Bertz CT molecular complexity index is 994. The van der Waals surface area contributed by atoms with Crippen LogP contribution in [-0.2, 0) is 19.7 Å². The summed E-state index contributed by atoms with van der Waals surface area (Å²) in [7, 11) is 0. The van der Waals surface area contributed by atoms with Gasteiger partial charge in [-0.2, -0.15) is 0 Å². The van der Waals surface area contributed by atoms with Gasteiger partial charge >= 0.3 is 0 Å². The molecule has 0 bridgehead atoms. The standard InChI is InChI=1S/C24H24BrNO4/c1-2-27-23-11-19(14-26-13-18-8-9-21-22(10-18)30-16-29-21)20(25)12-24(23)28-15-17-6-4-3-5-7-17/h3-12,26H,2,13-16H2,1H3. The molecular formula is C24H24BrNO4. The van der Waals surface area contributed by atoms with E-state index < -0.39 is 0 Å². The van der Waals surface area contributed by atoms with Gasteiger partial charge in [-0.15, -0.1) is 0 Å². The summed E-state index contributed by atoms with van der Waals surface area (Å²) in [6, 6.07) is 20.1. The van der Waals surface area contributed by atoms with Gasteiger partial charge in [0, 0.05) is 17.6 Å². The third-order valence-electron chi connectivity index (χ3n) is 4.73. The normalized spacial score (nSPS) is 12.1. The van der Waals surface area contributed by atoms with Crippen molar-refractivity contribution in [2.24, 2.45) is 0 Å². The van der Waals surface area contributed by atoms with E-state index in [9.17, 15) is 0 Å². The Hall–Kier alpha value is -2.70. The molecule has 0 spiro atoms. The number of ether oxygens (including phenoxy) is 4. The molecule has 3 aromatic rings. The Labute approximate surface area is 185 Å². The number of nitrogens with one attached hydrogen (secondary N) is 1. The molecule has 1 N–H and O–H groups in total. The molecule has 0 aliphatic carbocycles. The quantitative estimate of drug-likeness (QED) is 0.451. The summed E-state index contributed by atoms with van der Waals surface area (Å²) in [5, 5.41) is 3.47. The monoisotopic (exact) mass is 469 g/mol. The fourth-order valence-corrected chi connectivity index (χ4v) is 3.68. The van der Waals surface area contributed by atoms with Crippen LogP contribution in [0.3, 0.4) is 0 Å². The summed E-state index contributed by atoms with van der Waals surface area (Å²) >= 11 is 3.67. The van der Waals surface area contributed by atoms with Crippen molar-refractivity contribution < 1.29 is 18.9 Å². The van der Waals surface area contributed by atoms with Crippen molar-refractivity contribution in [1.29, 1.82) is 0 Å². The second kappa shape index (κ2) is 9.87. The summed E-state index contributed by atoms with van der Waals surface area (Å²) in [5.41, 5.74) is 3.36. The van der Waals surface area contributed by atoms with Gasteiger partial charge in [-0.25, -0.2) is 0 Å². The van der Waals surface area contributed by atoms with Gasteiger partial charge < -0.3 is 24.3 Å². The van der Waals surface area contributed by atoms with Crippen LogP contribution in [0, 0.1) is 0 Å².